The lowest BCUT2D eigenvalue weighted by molar-refractivity contribution is -0.126. The molecule has 1 aliphatic rings. The van der Waals surface area contributed by atoms with Crippen molar-refractivity contribution < 1.29 is 9.59 Å². The number of nitrogens with zero attached hydrogens (tertiary/aromatic N) is 1. The summed E-state index contributed by atoms with van der Waals surface area (Å²) in [5.74, 6) is -0.137. The normalized spacial score (nSPS) is 17.3. The molecule has 23 heavy (non-hydrogen) atoms. The molecule has 4 heteroatoms. The second-order valence-electron chi connectivity index (χ2n) is 5.84. The number of amides is 2. The van der Waals surface area contributed by atoms with Crippen molar-refractivity contribution >= 4 is 17.5 Å². The maximum Gasteiger partial charge on any atom is 0.249 e. The summed E-state index contributed by atoms with van der Waals surface area (Å²) in [6.07, 6.45) is 0.953. The van der Waals surface area contributed by atoms with Gasteiger partial charge in [0.2, 0.25) is 11.8 Å². The highest BCUT2D eigenvalue weighted by Gasteiger charge is 2.33. The molecule has 0 aliphatic carbocycles. The summed E-state index contributed by atoms with van der Waals surface area (Å²) in [6, 6.07) is 17.0. The van der Waals surface area contributed by atoms with Crippen molar-refractivity contribution in [1.29, 1.82) is 0 Å². The Labute approximate surface area is 136 Å². The van der Waals surface area contributed by atoms with E-state index in [1.165, 1.54) is 0 Å². The Morgan fingerprint density at radius 2 is 1.83 bits per heavy atom. The van der Waals surface area contributed by atoms with Crippen molar-refractivity contribution in [2.75, 3.05) is 11.4 Å². The monoisotopic (exact) mass is 308 g/mol. The minimum Gasteiger partial charge on any atom is -0.344 e. The van der Waals surface area contributed by atoms with Crippen LogP contribution in [0.4, 0.5) is 5.69 Å². The van der Waals surface area contributed by atoms with Gasteiger partial charge in [0.1, 0.15) is 6.04 Å². The summed E-state index contributed by atoms with van der Waals surface area (Å²) < 4.78 is 0. The Morgan fingerprint density at radius 3 is 2.57 bits per heavy atom. The van der Waals surface area contributed by atoms with Crippen LogP contribution >= 0.6 is 0 Å². The molecule has 4 nitrogen and oxygen atoms in total. The van der Waals surface area contributed by atoms with Crippen LogP contribution in [0, 0.1) is 6.92 Å². The fourth-order valence-corrected chi connectivity index (χ4v) is 2.90. The molecule has 1 heterocycles. The van der Waals surface area contributed by atoms with Gasteiger partial charge < -0.3 is 10.2 Å². The minimum atomic E-state index is -0.424. The van der Waals surface area contributed by atoms with Crippen LogP contribution in [-0.2, 0) is 16.0 Å². The summed E-state index contributed by atoms with van der Waals surface area (Å²) in [5.41, 5.74) is 2.97. The van der Waals surface area contributed by atoms with Gasteiger partial charge in [0.25, 0.3) is 0 Å². The Hall–Kier alpha value is -2.62. The Bertz CT molecular complexity index is 712. The number of benzene rings is 2. The van der Waals surface area contributed by atoms with E-state index >= 15 is 0 Å². The zero-order valence-electron chi connectivity index (χ0n) is 13.2. The Morgan fingerprint density at radius 1 is 1.13 bits per heavy atom. The van der Waals surface area contributed by atoms with E-state index in [9.17, 15) is 9.59 Å². The van der Waals surface area contributed by atoms with E-state index in [-0.39, 0.29) is 11.8 Å². The third-order valence-electron chi connectivity index (χ3n) is 4.22. The maximum absolute atomic E-state index is 12.5. The molecule has 0 saturated carbocycles. The highest BCUT2D eigenvalue weighted by Crippen LogP contribution is 2.21. The smallest absolute Gasteiger partial charge is 0.249 e. The molecule has 1 saturated heterocycles. The second-order valence-corrected chi connectivity index (χ2v) is 5.84. The zero-order valence-corrected chi connectivity index (χ0v) is 13.2. The number of carbonyl (C=O) groups excluding carboxylic acids is 2. The summed E-state index contributed by atoms with van der Waals surface area (Å²) in [6.45, 7) is 2.62. The molecule has 1 fully saturated rings. The number of carbonyl (C=O) groups is 2. The molecule has 1 N–H and O–H groups in total. The topological polar surface area (TPSA) is 49.4 Å². The molecule has 1 unspecified atom stereocenters. The summed E-state index contributed by atoms with van der Waals surface area (Å²) in [7, 11) is 0. The van der Waals surface area contributed by atoms with Gasteiger partial charge >= 0.3 is 0 Å². The van der Waals surface area contributed by atoms with Gasteiger partial charge in [-0.3, -0.25) is 9.59 Å². The van der Waals surface area contributed by atoms with Gasteiger partial charge in [-0.1, -0.05) is 42.5 Å². The summed E-state index contributed by atoms with van der Waals surface area (Å²) in [4.78, 5) is 26.4. The van der Waals surface area contributed by atoms with Crippen molar-refractivity contribution in [1.82, 2.24) is 5.32 Å². The predicted molar refractivity (Wildman–Crippen MR) is 90.2 cm³/mol. The lowest BCUT2D eigenvalue weighted by atomic mass is 10.1. The summed E-state index contributed by atoms with van der Waals surface area (Å²) in [5, 5.41) is 2.87. The van der Waals surface area contributed by atoms with Crippen LogP contribution in [0.5, 0.6) is 0 Å². The molecule has 0 bridgehead atoms. The first kappa shape index (κ1) is 15.3. The largest absolute Gasteiger partial charge is 0.344 e. The van der Waals surface area contributed by atoms with Crippen LogP contribution in [0.3, 0.4) is 0 Å². The molecule has 0 spiro atoms. The van der Waals surface area contributed by atoms with Gasteiger partial charge in [-0.15, -0.1) is 0 Å². The van der Waals surface area contributed by atoms with Gasteiger partial charge in [-0.05, 0) is 36.6 Å². The number of hydrogen-bond donors (Lipinski definition) is 1. The number of anilines is 1. The van der Waals surface area contributed by atoms with Gasteiger partial charge in [0, 0.05) is 12.2 Å². The predicted octanol–water partition coefficient (Wildman–Crippen LogP) is 2.46. The van der Waals surface area contributed by atoms with Crippen LogP contribution in [-0.4, -0.2) is 24.4 Å². The van der Waals surface area contributed by atoms with Crippen LogP contribution in [0.15, 0.2) is 54.6 Å². The fourth-order valence-electron chi connectivity index (χ4n) is 2.90. The fraction of sp³-hybridized carbons (Fsp3) is 0.263. The highest BCUT2D eigenvalue weighted by atomic mass is 16.2. The van der Waals surface area contributed by atoms with Crippen LogP contribution in [0.1, 0.15) is 17.5 Å². The van der Waals surface area contributed by atoms with E-state index in [0.717, 1.165) is 16.8 Å². The third kappa shape index (κ3) is 3.42. The second kappa shape index (κ2) is 6.65. The quantitative estimate of drug-likeness (QED) is 0.943. The zero-order chi connectivity index (χ0) is 16.2. The van der Waals surface area contributed by atoms with Crippen LogP contribution in [0.25, 0.3) is 0 Å². The molecule has 118 valence electrons. The van der Waals surface area contributed by atoms with Gasteiger partial charge in [0.15, 0.2) is 0 Å². The SMILES string of the molecule is Cc1ccccc1CC(=O)NC1CCN(c2ccccc2)C1=O. The summed E-state index contributed by atoms with van der Waals surface area (Å²) >= 11 is 0. The van der Waals surface area contributed by atoms with Gasteiger partial charge in [-0.2, -0.15) is 0 Å². The molecule has 2 aromatic carbocycles. The van der Waals surface area contributed by atoms with Crippen LogP contribution < -0.4 is 10.2 Å². The standard InChI is InChI=1S/C19H20N2O2/c1-14-7-5-6-8-15(14)13-18(22)20-17-11-12-21(19(17)23)16-9-3-2-4-10-16/h2-10,17H,11-13H2,1H3,(H,20,22). The van der Waals surface area contributed by atoms with Gasteiger partial charge in [-0.25, -0.2) is 0 Å². The number of rotatable bonds is 4. The molecular weight excluding hydrogens is 288 g/mol. The van der Waals surface area contributed by atoms with Gasteiger partial charge in [0.05, 0.1) is 6.42 Å². The lowest BCUT2D eigenvalue weighted by Crippen LogP contribution is -2.42. The molecule has 2 amide bonds. The molecular formula is C19H20N2O2. The molecule has 2 aromatic rings. The minimum absolute atomic E-state index is 0.0330. The lowest BCUT2D eigenvalue weighted by Gasteiger charge is -2.17. The molecule has 0 radical (unpaired) electrons. The first-order valence-electron chi connectivity index (χ1n) is 7.85. The van der Waals surface area contributed by atoms with Crippen molar-refractivity contribution in [2.24, 2.45) is 0 Å². The van der Waals surface area contributed by atoms with E-state index < -0.39 is 6.04 Å². The van der Waals surface area contributed by atoms with E-state index in [1.54, 1.807) is 4.90 Å². The van der Waals surface area contributed by atoms with E-state index in [1.807, 2.05) is 61.5 Å². The number of hydrogen-bond acceptors (Lipinski definition) is 2. The number of aryl methyl sites for hydroxylation is 1. The van der Waals surface area contributed by atoms with Crippen LogP contribution in [0.2, 0.25) is 0 Å². The first-order chi connectivity index (χ1) is 11.1. The van der Waals surface area contributed by atoms with E-state index in [4.69, 9.17) is 0 Å². The Kier molecular flexibility index (Phi) is 4.42. The number of para-hydroxylation sites is 1. The maximum atomic E-state index is 12.5. The van der Waals surface area contributed by atoms with E-state index in [0.29, 0.717) is 19.4 Å². The van der Waals surface area contributed by atoms with Crippen molar-refractivity contribution in [3.05, 3.63) is 65.7 Å². The average Bonchev–Trinajstić information content (AvgIpc) is 2.91. The first-order valence-corrected chi connectivity index (χ1v) is 7.85. The molecule has 0 aromatic heterocycles. The third-order valence-corrected chi connectivity index (χ3v) is 4.22. The van der Waals surface area contributed by atoms with Crippen molar-refractivity contribution in [3.8, 4) is 0 Å². The Balaban J connectivity index is 1.62. The molecule has 1 aliphatic heterocycles. The highest BCUT2D eigenvalue weighted by molar-refractivity contribution is 6.01. The van der Waals surface area contributed by atoms with E-state index in [2.05, 4.69) is 5.32 Å². The number of nitrogens with one attached hydrogen (secondary N) is 1. The van der Waals surface area contributed by atoms with Crippen molar-refractivity contribution in [3.63, 3.8) is 0 Å². The average molecular weight is 308 g/mol. The molecule has 1 atom stereocenters. The van der Waals surface area contributed by atoms with Crippen molar-refractivity contribution in [2.45, 2.75) is 25.8 Å². The molecule has 3 rings (SSSR count).